The number of carbonyl (C=O) groups is 1. The summed E-state index contributed by atoms with van der Waals surface area (Å²) in [7, 11) is 0. The maximum absolute atomic E-state index is 11.1. The number of nitrogens with one attached hydrogen (secondary N) is 1. The van der Waals surface area contributed by atoms with E-state index >= 15 is 0 Å². The minimum atomic E-state index is -0.838. The van der Waals surface area contributed by atoms with E-state index in [2.05, 4.69) is 10.2 Å². The lowest BCUT2D eigenvalue weighted by molar-refractivity contribution is 0.0694. The standard InChI is InChI=1S/C13H18N2O2/c1-10-2-3-12(13(16)17)11(8-10)9-15-6-4-14-5-7-15/h2-3,8,14H,4-7,9H2,1H3,(H,16,17). The van der Waals surface area contributed by atoms with Crippen molar-refractivity contribution in [3.63, 3.8) is 0 Å². The molecule has 0 saturated carbocycles. The smallest absolute Gasteiger partial charge is 0.336 e. The number of piperazine rings is 1. The first kappa shape index (κ1) is 12.1. The Hall–Kier alpha value is -1.39. The van der Waals surface area contributed by atoms with Gasteiger partial charge < -0.3 is 10.4 Å². The van der Waals surface area contributed by atoms with Gasteiger partial charge in [-0.1, -0.05) is 17.7 Å². The second-order valence-electron chi connectivity index (χ2n) is 4.49. The molecule has 0 bridgehead atoms. The first-order chi connectivity index (χ1) is 8.16. The van der Waals surface area contributed by atoms with Gasteiger partial charge in [0.15, 0.2) is 0 Å². The SMILES string of the molecule is Cc1ccc(C(=O)O)c(CN2CCNCC2)c1. The molecule has 1 aromatic carbocycles. The number of hydrogen-bond acceptors (Lipinski definition) is 3. The van der Waals surface area contributed by atoms with E-state index in [0.29, 0.717) is 5.56 Å². The third kappa shape index (κ3) is 3.05. The third-order valence-electron chi connectivity index (χ3n) is 3.09. The van der Waals surface area contributed by atoms with Gasteiger partial charge in [-0.3, -0.25) is 4.90 Å². The molecule has 0 aliphatic carbocycles. The summed E-state index contributed by atoms with van der Waals surface area (Å²) < 4.78 is 0. The van der Waals surface area contributed by atoms with Crippen LogP contribution in [0.4, 0.5) is 0 Å². The normalized spacial score (nSPS) is 17.0. The van der Waals surface area contributed by atoms with Crippen LogP contribution in [0.5, 0.6) is 0 Å². The van der Waals surface area contributed by atoms with Crippen molar-refractivity contribution < 1.29 is 9.90 Å². The highest BCUT2D eigenvalue weighted by molar-refractivity contribution is 5.89. The molecule has 0 aromatic heterocycles. The number of aromatic carboxylic acids is 1. The lowest BCUT2D eigenvalue weighted by Gasteiger charge is -2.27. The fourth-order valence-electron chi connectivity index (χ4n) is 2.17. The number of nitrogens with zero attached hydrogens (tertiary/aromatic N) is 1. The Morgan fingerprint density at radius 2 is 2.12 bits per heavy atom. The van der Waals surface area contributed by atoms with Gasteiger partial charge in [-0.25, -0.2) is 4.79 Å². The minimum Gasteiger partial charge on any atom is -0.478 e. The van der Waals surface area contributed by atoms with Crippen molar-refractivity contribution in [3.8, 4) is 0 Å². The van der Waals surface area contributed by atoms with Crippen LogP contribution in [0.3, 0.4) is 0 Å². The van der Waals surface area contributed by atoms with Gasteiger partial charge in [0.05, 0.1) is 5.56 Å². The second-order valence-corrected chi connectivity index (χ2v) is 4.49. The van der Waals surface area contributed by atoms with Gasteiger partial charge in [0.1, 0.15) is 0 Å². The average Bonchev–Trinajstić information content (AvgIpc) is 2.30. The zero-order valence-electron chi connectivity index (χ0n) is 10.1. The van der Waals surface area contributed by atoms with Crippen LogP contribution in [-0.2, 0) is 6.54 Å². The van der Waals surface area contributed by atoms with Crippen molar-refractivity contribution in [3.05, 3.63) is 34.9 Å². The van der Waals surface area contributed by atoms with Crippen LogP contribution in [0.15, 0.2) is 18.2 Å². The van der Waals surface area contributed by atoms with E-state index in [1.54, 1.807) is 6.07 Å². The summed E-state index contributed by atoms with van der Waals surface area (Å²) in [5.41, 5.74) is 2.45. The first-order valence-corrected chi connectivity index (χ1v) is 5.93. The highest BCUT2D eigenvalue weighted by Gasteiger charge is 2.15. The third-order valence-corrected chi connectivity index (χ3v) is 3.09. The van der Waals surface area contributed by atoms with Gasteiger partial charge in [0.25, 0.3) is 0 Å². The summed E-state index contributed by atoms with van der Waals surface area (Å²) in [5.74, 6) is -0.838. The molecule has 4 heteroatoms. The number of carboxylic acid groups (broad SMARTS) is 1. The molecule has 4 nitrogen and oxygen atoms in total. The van der Waals surface area contributed by atoms with E-state index in [1.807, 2.05) is 19.1 Å². The zero-order valence-corrected chi connectivity index (χ0v) is 10.1. The monoisotopic (exact) mass is 234 g/mol. The molecule has 2 rings (SSSR count). The lowest BCUT2D eigenvalue weighted by atomic mass is 10.0. The van der Waals surface area contributed by atoms with Crippen LogP contribution in [0.1, 0.15) is 21.5 Å². The highest BCUT2D eigenvalue weighted by atomic mass is 16.4. The van der Waals surface area contributed by atoms with E-state index in [0.717, 1.165) is 43.9 Å². The van der Waals surface area contributed by atoms with Gasteiger partial charge in [-0.05, 0) is 18.6 Å². The van der Waals surface area contributed by atoms with E-state index in [9.17, 15) is 4.79 Å². The molecular formula is C13H18N2O2. The van der Waals surface area contributed by atoms with Crippen molar-refractivity contribution in [2.75, 3.05) is 26.2 Å². The molecule has 2 N–H and O–H groups in total. The Morgan fingerprint density at radius 3 is 2.76 bits per heavy atom. The molecule has 1 heterocycles. The van der Waals surface area contributed by atoms with Crippen LogP contribution >= 0.6 is 0 Å². The molecule has 1 aliphatic heterocycles. The Balaban J connectivity index is 2.17. The van der Waals surface area contributed by atoms with Crippen LogP contribution in [0, 0.1) is 6.92 Å². The van der Waals surface area contributed by atoms with Crippen molar-refractivity contribution in [1.82, 2.24) is 10.2 Å². The van der Waals surface area contributed by atoms with E-state index in [-0.39, 0.29) is 0 Å². The molecule has 0 unspecified atom stereocenters. The molecule has 1 saturated heterocycles. The number of hydrogen-bond donors (Lipinski definition) is 2. The number of rotatable bonds is 3. The van der Waals surface area contributed by atoms with Crippen LogP contribution in [0.2, 0.25) is 0 Å². The Bertz CT molecular complexity index is 412. The van der Waals surface area contributed by atoms with Crippen LogP contribution in [-0.4, -0.2) is 42.2 Å². The van der Waals surface area contributed by atoms with Gasteiger partial charge in [0.2, 0.25) is 0 Å². The summed E-state index contributed by atoms with van der Waals surface area (Å²) in [5, 5.41) is 12.4. The van der Waals surface area contributed by atoms with E-state index < -0.39 is 5.97 Å². The van der Waals surface area contributed by atoms with Crippen molar-refractivity contribution in [2.45, 2.75) is 13.5 Å². The average molecular weight is 234 g/mol. The van der Waals surface area contributed by atoms with E-state index in [1.165, 1.54) is 0 Å². The first-order valence-electron chi connectivity index (χ1n) is 5.93. The van der Waals surface area contributed by atoms with Crippen LogP contribution in [0.25, 0.3) is 0 Å². The molecule has 17 heavy (non-hydrogen) atoms. The number of carboxylic acids is 1. The summed E-state index contributed by atoms with van der Waals surface area (Å²) >= 11 is 0. The summed E-state index contributed by atoms with van der Waals surface area (Å²) in [4.78, 5) is 13.4. The topological polar surface area (TPSA) is 52.6 Å². The molecule has 0 spiro atoms. The summed E-state index contributed by atoms with van der Waals surface area (Å²) in [6, 6.07) is 5.53. The predicted octanol–water partition coefficient (Wildman–Crippen LogP) is 1.10. The molecule has 1 aromatic rings. The quantitative estimate of drug-likeness (QED) is 0.822. The number of benzene rings is 1. The van der Waals surface area contributed by atoms with Crippen LogP contribution < -0.4 is 5.32 Å². The fraction of sp³-hybridized carbons (Fsp3) is 0.462. The Labute approximate surface area is 101 Å². The largest absolute Gasteiger partial charge is 0.478 e. The molecule has 0 radical (unpaired) electrons. The van der Waals surface area contributed by atoms with Gasteiger partial charge >= 0.3 is 5.97 Å². The van der Waals surface area contributed by atoms with Gasteiger partial charge in [-0.2, -0.15) is 0 Å². The molecular weight excluding hydrogens is 216 g/mol. The summed E-state index contributed by atoms with van der Waals surface area (Å²) in [6.07, 6.45) is 0. The maximum atomic E-state index is 11.1. The molecule has 1 aliphatic rings. The molecule has 92 valence electrons. The fourth-order valence-corrected chi connectivity index (χ4v) is 2.17. The molecule has 0 amide bonds. The van der Waals surface area contributed by atoms with Crippen molar-refractivity contribution >= 4 is 5.97 Å². The molecule has 0 atom stereocenters. The Kier molecular flexibility index (Phi) is 3.76. The zero-order chi connectivity index (χ0) is 12.3. The predicted molar refractivity (Wildman–Crippen MR) is 66.3 cm³/mol. The molecule has 1 fully saturated rings. The maximum Gasteiger partial charge on any atom is 0.336 e. The van der Waals surface area contributed by atoms with Gasteiger partial charge in [0, 0.05) is 32.7 Å². The summed E-state index contributed by atoms with van der Waals surface area (Å²) in [6.45, 7) is 6.64. The van der Waals surface area contributed by atoms with Gasteiger partial charge in [-0.15, -0.1) is 0 Å². The lowest BCUT2D eigenvalue weighted by Crippen LogP contribution is -2.43. The highest BCUT2D eigenvalue weighted by Crippen LogP contribution is 2.14. The van der Waals surface area contributed by atoms with Crippen molar-refractivity contribution in [2.24, 2.45) is 0 Å². The second kappa shape index (κ2) is 5.29. The Morgan fingerprint density at radius 1 is 1.41 bits per heavy atom. The van der Waals surface area contributed by atoms with E-state index in [4.69, 9.17) is 5.11 Å². The minimum absolute atomic E-state index is 0.425. The number of aryl methyl sites for hydroxylation is 1. The van der Waals surface area contributed by atoms with Crippen molar-refractivity contribution in [1.29, 1.82) is 0 Å².